The third-order valence-electron chi connectivity index (χ3n) is 1.70. The molecule has 2 N–H and O–H groups in total. The largest absolute Gasteiger partial charge is 0.508 e. The number of rotatable bonds is 1. The molecule has 0 aliphatic heterocycles. The Kier molecular flexibility index (Phi) is 2.40. The maximum Gasteiger partial charge on any atom is 0.115 e. The number of hydrogen-bond acceptors (Lipinski definition) is 2. The molecule has 1 aliphatic rings. The zero-order valence-corrected chi connectivity index (χ0v) is 7.93. The number of aliphatic hydroxyl groups is 2. The van der Waals surface area contributed by atoms with Gasteiger partial charge in [-0.2, -0.15) is 0 Å². The van der Waals surface area contributed by atoms with E-state index < -0.39 is 5.60 Å². The second-order valence-electron chi connectivity index (χ2n) is 2.99. The van der Waals surface area contributed by atoms with Crippen molar-refractivity contribution in [3.8, 4) is 0 Å². The Hall–Kier alpha value is -0.280. The summed E-state index contributed by atoms with van der Waals surface area (Å²) in [5.41, 5.74) is 0.0486. The van der Waals surface area contributed by atoms with Crippen LogP contribution in [-0.4, -0.2) is 21.1 Å². The maximum atomic E-state index is 9.54. The molecule has 11 heavy (non-hydrogen) atoms. The first-order valence-corrected chi connectivity index (χ1v) is 4.56. The van der Waals surface area contributed by atoms with Crippen LogP contribution < -0.4 is 0 Å². The summed E-state index contributed by atoms with van der Waals surface area (Å²) in [5, 5.41) is 19.4. The Balaban J connectivity index is 2.84. The van der Waals surface area contributed by atoms with Crippen LogP contribution in [-0.2, 0) is 0 Å². The van der Waals surface area contributed by atoms with Crippen LogP contribution in [0.25, 0.3) is 0 Å². The summed E-state index contributed by atoms with van der Waals surface area (Å²) in [6.45, 7) is 1.72. The highest BCUT2D eigenvalue weighted by molar-refractivity contribution is 9.09. The van der Waals surface area contributed by atoms with Crippen molar-refractivity contribution in [1.29, 1.82) is 0 Å². The first kappa shape index (κ1) is 8.81. The normalized spacial score (nSPS) is 31.2. The van der Waals surface area contributed by atoms with Crippen molar-refractivity contribution in [3.05, 3.63) is 23.5 Å². The topological polar surface area (TPSA) is 40.5 Å². The predicted octanol–water partition coefficient (Wildman–Crippen LogP) is 1.90. The molecule has 1 unspecified atom stereocenters. The van der Waals surface area contributed by atoms with Gasteiger partial charge in [-0.05, 0) is 24.6 Å². The smallest absolute Gasteiger partial charge is 0.115 e. The highest BCUT2D eigenvalue weighted by atomic mass is 79.9. The van der Waals surface area contributed by atoms with Gasteiger partial charge < -0.3 is 10.2 Å². The molecule has 0 aromatic carbocycles. The molecule has 3 heteroatoms. The van der Waals surface area contributed by atoms with E-state index in [0.29, 0.717) is 11.8 Å². The number of hydrogen-bond donors (Lipinski definition) is 2. The van der Waals surface area contributed by atoms with Crippen LogP contribution in [0, 0.1) is 0 Å². The van der Waals surface area contributed by atoms with Gasteiger partial charge in [0.25, 0.3) is 0 Å². The van der Waals surface area contributed by atoms with E-state index in [1.54, 1.807) is 19.1 Å². The van der Waals surface area contributed by atoms with Crippen LogP contribution in [0.3, 0.4) is 0 Å². The quantitative estimate of drug-likeness (QED) is 0.661. The first-order chi connectivity index (χ1) is 5.05. The standard InChI is InChI=1S/C8H11BrO2/c1-8(11)3-2-7(10)6(4-8)5-9/h2-3,10-11H,4-5H2,1H3. The molecule has 1 atom stereocenters. The fourth-order valence-electron chi connectivity index (χ4n) is 1.07. The Bertz CT molecular complexity index is 216. The lowest BCUT2D eigenvalue weighted by Crippen LogP contribution is -2.24. The van der Waals surface area contributed by atoms with Crippen molar-refractivity contribution >= 4 is 15.9 Å². The molecule has 0 saturated heterocycles. The van der Waals surface area contributed by atoms with Crippen molar-refractivity contribution in [1.82, 2.24) is 0 Å². The number of halogens is 1. The van der Waals surface area contributed by atoms with E-state index in [-0.39, 0.29) is 5.76 Å². The first-order valence-electron chi connectivity index (χ1n) is 3.44. The van der Waals surface area contributed by atoms with Crippen molar-refractivity contribution in [3.63, 3.8) is 0 Å². The Morgan fingerprint density at radius 1 is 1.73 bits per heavy atom. The minimum absolute atomic E-state index is 0.272. The summed E-state index contributed by atoms with van der Waals surface area (Å²) >= 11 is 3.24. The average molecular weight is 219 g/mol. The van der Waals surface area contributed by atoms with E-state index >= 15 is 0 Å². The second-order valence-corrected chi connectivity index (χ2v) is 3.55. The van der Waals surface area contributed by atoms with Gasteiger partial charge in [-0.3, -0.25) is 0 Å². The molecule has 0 aromatic rings. The summed E-state index contributed by atoms with van der Waals surface area (Å²) in [5.74, 6) is 0.272. The summed E-state index contributed by atoms with van der Waals surface area (Å²) in [6.07, 6.45) is 3.65. The minimum atomic E-state index is -0.796. The van der Waals surface area contributed by atoms with Gasteiger partial charge in [-0.1, -0.05) is 15.9 Å². The van der Waals surface area contributed by atoms with Gasteiger partial charge in [-0.15, -0.1) is 0 Å². The van der Waals surface area contributed by atoms with Crippen LogP contribution in [0.4, 0.5) is 0 Å². The van der Waals surface area contributed by atoms with Crippen molar-refractivity contribution in [2.75, 3.05) is 5.33 Å². The summed E-state index contributed by atoms with van der Waals surface area (Å²) in [6, 6.07) is 0. The van der Waals surface area contributed by atoms with Crippen LogP contribution in [0.2, 0.25) is 0 Å². The van der Waals surface area contributed by atoms with Gasteiger partial charge in [0.15, 0.2) is 0 Å². The van der Waals surface area contributed by atoms with Crippen molar-refractivity contribution < 1.29 is 10.2 Å². The Morgan fingerprint density at radius 3 is 2.82 bits per heavy atom. The molecule has 2 nitrogen and oxygen atoms in total. The maximum absolute atomic E-state index is 9.54. The predicted molar refractivity (Wildman–Crippen MR) is 47.8 cm³/mol. The van der Waals surface area contributed by atoms with Gasteiger partial charge in [0.2, 0.25) is 0 Å². The lowest BCUT2D eigenvalue weighted by atomic mass is 9.92. The van der Waals surface area contributed by atoms with Gasteiger partial charge >= 0.3 is 0 Å². The number of alkyl halides is 1. The van der Waals surface area contributed by atoms with Gasteiger partial charge in [0.05, 0.1) is 5.60 Å². The van der Waals surface area contributed by atoms with E-state index in [0.717, 1.165) is 5.57 Å². The van der Waals surface area contributed by atoms with Crippen molar-refractivity contribution in [2.45, 2.75) is 18.9 Å². The Morgan fingerprint density at radius 2 is 2.36 bits per heavy atom. The zero-order valence-electron chi connectivity index (χ0n) is 6.34. The summed E-state index contributed by atoms with van der Waals surface area (Å²) < 4.78 is 0. The minimum Gasteiger partial charge on any atom is -0.508 e. The van der Waals surface area contributed by atoms with E-state index in [1.165, 1.54) is 0 Å². The molecule has 0 bridgehead atoms. The average Bonchev–Trinajstić information content (AvgIpc) is 1.94. The third-order valence-corrected chi connectivity index (χ3v) is 2.37. The molecule has 0 radical (unpaired) electrons. The fourth-order valence-corrected chi connectivity index (χ4v) is 1.56. The zero-order chi connectivity index (χ0) is 8.48. The van der Waals surface area contributed by atoms with E-state index in [4.69, 9.17) is 0 Å². The molecule has 0 heterocycles. The van der Waals surface area contributed by atoms with E-state index in [1.807, 2.05) is 0 Å². The molecule has 0 aromatic heterocycles. The van der Waals surface area contributed by atoms with Crippen LogP contribution >= 0.6 is 15.9 Å². The molecule has 0 spiro atoms. The van der Waals surface area contributed by atoms with Crippen LogP contribution in [0.15, 0.2) is 23.5 Å². The van der Waals surface area contributed by atoms with Gasteiger partial charge in [-0.25, -0.2) is 0 Å². The van der Waals surface area contributed by atoms with Crippen LogP contribution in [0.1, 0.15) is 13.3 Å². The monoisotopic (exact) mass is 218 g/mol. The number of allylic oxidation sites excluding steroid dienone is 1. The molecule has 62 valence electrons. The van der Waals surface area contributed by atoms with Gasteiger partial charge in [0.1, 0.15) is 5.76 Å². The highest BCUT2D eigenvalue weighted by Crippen LogP contribution is 2.26. The summed E-state index contributed by atoms with van der Waals surface area (Å²) in [4.78, 5) is 0. The molecule has 1 rings (SSSR count). The highest BCUT2D eigenvalue weighted by Gasteiger charge is 2.23. The SMILES string of the molecule is CC1(O)C=CC(O)=C(CBr)C1. The summed E-state index contributed by atoms with van der Waals surface area (Å²) in [7, 11) is 0. The molecule has 0 saturated carbocycles. The van der Waals surface area contributed by atoms with Crippen molar-refractivity contribution in [2.24, 2.45) is 0 Å². The molecule has 0 amide bonds. The lowest BCUT2D eigenvalue weighted by molar-refractivity contribution is 0.108. The van der Waals surface area contributed by atoms with Gasteiger partial charge in [0, 0.05) is 11.8 Å². The van der Waals surface area contributed by atoms with E-state index in [2.05, 4.69) is 15.9 Å². The molecule has 0 fully saturated rings. The lowest BCUT2D eigenvalue weighted by Gasteiger charge is -2.23. The Labute approximate surface area is 74.4 Å². The third kappa shape index (κ3) is 2.07. The molecular formula is C8H11BrO2. The second kappa shape index (κ2) is 2.99. The molecular weight excluding hydrogens is 208 g/mol. The molecule has 1 aliphatic carbocycles. The fraction of sp³-hybridized carbons (Fsp3) is 0.500. The van der Waals surface area contributed by atoms with Crippen LogP contribution in [0.5, 0.6) is 0 Å². The number of aliphatic hydroxyl groups excluding tert-OH is 1. The van der Waals surface area contributed by atoms with E-state index in [9.17, 15) is 10.2 Å².